The van der Waals surface area contributed by atoms with E-state index in [9.17, 15) is 19.3 Å². The highest BCUT2D eigenvalue weighted by atomic mass is 79.9. The number of hydrogen-bond acceptors (Lipinski definition) is 3. The first-order valence-electron chi connectivity index (χ1n) is 3.97. The van der Waals surface area contributed by atoms with Crippen molar-refractivity contribution in [1.29, 1.82) is 0 Å². The van der Waals surface area contributed by atoms with Crippen molar-refractivity contribution in [1.82, 2.24) is 0 Å². The second kappa shape index (κ2) is 4.84. The van der Waals surface area contributed by atoms with E-state index in [1.807, 2.05) is 0 Å². The van der Waals surface area contributed by atoms with E-state index in [4.69, 9.17) is 5.11 Å². The Morgan fingerprint density at radius 3 is 2.69 bits per heavy atom. The first kappa shape index (κ1) is 12.3. The second-order valence-corrected chi connectivity index (χ2v) is 3.58. The van der Waals surface area contributed by atoms with Gasteiger partial charge in [0.05, 0.1) is 15.0 Å². The molecule has 84 valence electrons. The summed E-state index contributed by atoms with van der Waals surface area (Å²) >= 11 is 2.81. The van der Waals surface area contributed by atoms with Crippen LogP contribution >= 0.6 is 15.9 Å². The highest BCUT2D eigenvalue weighted by molar-refractivity contribution is 9.10. The van der Waals surface area contributed by atoms with Gasteiger partial charge in [-0.15, -0.1) is 0 Å². The van der Waals surface area contributed by atoms with Gasteiger partial charge >= 0.3 is 11.7 Å². The number of benzene rings is 1. The maximum absolute atomic E-state index is 13.4. The zero-order chi connectivity index (χ0) is 12.3. The first-order valence-corrected chi connectivity index (χ1v) is 4.76. The van der Waals surface area contributed by atoms with Crippen molar-refractivity contribution in [3.63, 3.8) is 0 Å². The van der Waals surface area contributed by atoms with Gasteiger partial charge in [-0.05, 0) is 34.1 Å². The lowest BCUT2D eigenvalue weighted by molar-refractivity contribution is -0.387. The van der Waals surface area contributed by atoms with Crippen molar-refractivity contribution in [2.24, 2.45) is 0 Å². The number of nitro groups is 1. The molecule has 1 aromatic carbocycles. The number of hydrogen-bond donors (Lipinski definition) is 1. The lowest BCUT2D eigenvalue weighted by Crippen LogP contribution is -1.97. The molecule has 1 rings (SSSR count). The van der Waals surface area contributed by atoms with Crippen molar-refractivity contribution in [3.8, 4) is 0 Å². The van der Waals surface area contributed by atoms with Crippen LogP contribution in [0.4, 0.5) is 10.1 Å². The van der Waals surface area contributed by atoms with Gasteiger partial charge in [-0.1, -0.05) is 0 Å². The molecule has 1 aromatic rings. The lowest BCUT2D eigenvalue weighted by atomic mass is 10.1. The van der Waals surface area contributed by atoms with Crippen LogP contribution < -0.4 is 0 Å². The zero-order valence-corrected chi connectivity index (χ0v) is 9.27. The first-order chi connectivity index (χ1) is 7.43. The van der Waals surface area contributed by atoms with Crippen LogP contribution in [0.2, 0.25) is 0 Å². The monoisotopic (exact) mass is 289 g/mol. The molecule has 0 saturated heterocycles. The minimum Gasteiger partial charge on any atom is -0.478 e. The van der Waals surface area contributed by atoms with E-state index in [0.29, 0.717) is 6.08 Å². The summed E-state index contributed by atoms with van der Waals surface area (Å²) in [5.41, 5.74) is -0.861. The maximum atomic E-state index is 13.4. The van der Waals surface area contributed by atoms with Gasteiger partial charge in [0.2, 0.25) is 5.82 Å². The largest absolute Gasteiger partial charge is 0.478 e. The summed E-state index contributed by atoms with van der Waals surface area (Å²) in [7, 11) is 0. The molecule has 0 amide bonds. The summed E-state index contributed by atoms with van der Waals surface area (Å²) in [6.07, 6.45) is 1.67. The molecule has 0 spiro atoms. The predicted octanol–water partition coefficient (Wildman–Crippen LogP) is 2.59. The molecule has 16 heavy (non-hydrogen) atoms. The molecule has 0 fully saturated rings. The molecular formula is C9H5BrFNO4. The predicted molar refractivity (Wildman–Crippen MR) is 57.4 cm³/mol. The molecule has 0 unspecified atom stereocenters. The molecule has 7 heteroatoms. The smallest absolute Gasteiger partial charge is 0.328 e. The Morgan fingerprint density at radius 1 is 1.56 bits per heavy atom. The fraction of sp³-hybridized carbons (Fsp3) is 0. The van der Waals surface area contributed by atoms with Crippen LogP contribution in [0.15, 0.2) is 22.7 Å². The Balaban J connectivity index is 3.34. The van der Waals surface area contributed by atoms with Crippen LogP contribution in [-0.4, -0.2) is 16.0 Å². The Morgan fingerprint density at radius 2 is 2.19 bits per heavy atom. The highest BCUT2D eigenvalue weighted by Crippen LogP contribution is 2.29. The fourth-order valence-electron chi connectivity index (χ4n) is 1.04. The van der Waals surface area contributed by atoms with E-state index in [1.165, 1.54) is 12.1 Å². The number of nitro benzene ring substituents is 1. The molecule has 0 aliphatic carbocycles. The summed E-state index contributed by atoms with van der Waals surface area (Å²) in [5.74, 6) is -2.30. The van der Waals surface area contributed by atoms with Gasteiger partial charge in [0, 0.05) is 6.08 Å². The van der Waals surface area contributed by atoms with E-state index < -0.39 is 22.4 Å². The van der Waals surface area contributed by atoms with Crippen molar-refractivity contribution >= 4 is 33.7 Å². The summed E-state index contributed by atoms with van der Waals surface area (Å²) in [6, 6.07) is 2.52. The number of carbonyl (C=O) groups is 1. The van der Waals surface area contributed by atoms with E-state index in [0.717, 1.165) is 6.08 Å². The molecule has 0 atom stereocenters. The van der Waals surface area contributed by atoms with Crippen LogP contribution in [0.5, 0.6) is 0 Å². The van der Waals surface area contributed by atoms with Gasteiger partial charge in [-0.2, -0.15) is 4.39 Å². The topological polar surface area (TPSA) is 80.4 Å². The third kappa shape index (κ3) is 2.63. The van der Waals surface area contributed by atoms with Crippen LogP contribution in [0.25, 0.3) is 6.08 Å². The maximum Gasteiger partial charge on any atom is 0.328 e. The number of aliphatic carboxylic acids is 1. The molecule has 0 radical (unpaired) electrons. The van der Waals surface area contributed by atoms with Crippen molar-refractivity contribution in [3.05, 3.63) is 44.2 Å². The number of carboxylic acids is 1. The Labute approximate surface area is 97.5 Å². The Hall–Kier alpha value is -1.76. The van der Waals surface area contributed by atoms with E-state index in [2.05, 4.69) is 15.9 Å². The minimum absolute atomic E-state index is 0.0494. The lowest BCUT2D eigenvalue weighted by Gasteiger charge is -2.00. The van der Waals surface area contributed by atoms with Crippen LogP contribution in [-0.2, 0) is 4.79 Å². The SMILES string of the molecule is O=C(O)/C=C/c1ccc(Br)c(F)c1[N+](=O)[O-]. The number of halogens is 2. The number of rotatable bonds is 3. The number of nitrogens with zero attached hydrogens (tertiary/aromatic N) is 1. The molecule has 0 saturated carbocycles. The standard InChI is InChI=1S/C9H5BrFNO4/c10-6-3-1-5(2-4-7(13)14)9(8(6)11)12(15)16/h1-4H,(H,13,14)/b4-2+. The fourth-order valence-corrected chi connectivity index (χ4v) is 1.36. The molecule has 0 aliphatic rings. The minimum atomic E-state index is -1.27. The average Bonchev–Trinajstić information content (AvgIpc) is 2.19. The van der Waals surface area contributed by atoms with Crippen LogP contribution in [0.3, 0.4) is 0 Å². The van der Waals surface area contributed by atoms with Crippen molar-refractivity contribution < 1.29 is 19.2 Å². The van der Waals surface area contributed by atoms with Gasteiger partial charge in [0.15, 0.2) is 0 Å². The third-order valence-corrected chi connectivity index (χ3v) is 2.30. The Kier molecular flexibility index (Phi) is 3.73. The van der Waals surface area contributed by atoms with Crippen molar-refractivity contribution in [2.75, 3.05) is 0 Å². The summed E-state index contributed by atoms with van der Waals surface area (Å²) < 4.78 is 13.3. The quantitative estimate of drug-likeness (QED) is 0.527. The van der Waals surface area contributed by atoms with E-state index in [-0.39, 0.29) is 10.0 Å². The molecular weight excluding hydrogens is 285 g/mol. The van der Waals surface area contributed by atoms with Gasteiger partial charge < -0.3 is 5.11 Å². The third-order valence-electron chi connectivity index (χ3n) is 1.69. The molecule has 0 heterocycles. The highest BCUT2D eigenvalue weighted by Gasteiger charge is 2.21. The number of carboxylic acid groups (broad SMARTS) is 1. The molecule has 0 aromatic heterocycles. The van der Waals surface area contributed by atoms with Crippen LogP contribution in [0, 0.1) is 15.9 Å². The van der Waals surface area contributed by atoms with Crippen LogP contribution in [0.1, 0.15) is 5.56 Å². The average molecular weight is 290 g/mol. The normalized spacial score (nSPS) is 10.6. The van der Waals surface area contributed by atoms with Crippen molar-refractivity contribution in [2.45, 2.75) is 0 Å². The van der Waals surface area contributed by atoms with E-state index in [1.54, 1.807) is 0 Å². The summed E-state index contributed by atoms with van der Waals surface area (Å²) in [5, 5.41) is 19.0. The summed E-state index contributed by atoms with van der Waals surface area (Å²) in [6.45, 7) is 0. The molecule has 0 bridgehead atoms. The van der Waals surface area contributed by atoms with Gasteiger partial charge in [-0.25, -0.2) is 4.79 Å². The molecule has 5 nitrogen and oxygen atoms in total. The molecule has 0 aliphatic heterocycles. The second-order valence-electron chi connectivity index (χ2n) is 2.73. The zero-order valence-electron chi connectivity index (χ0n) is 7.68. The van der Waals surface area contributed by atoms with Gasteiger partial charge in [0.1, 0.15) is 0 Å². The van der Waals surface area contributed by atoms with E-state index >= 15 is 0 Å². The Bertz CT molecular complexity index is 487. The van der Waals surface area contributed by atoms with Gasteiger partial charge in [-0.3, -0.25) is 10.1 Å². The summed E-state index contributed by atoms with van der Waals surface area (Å²) in [4.78, 5) is 19.9. The van der Waals surface area contributed by atoms with Gasteiger partial charge in [0.25, 0.3) is 0 Å². The molecule has 1 N–H and O–H groups in total.